The summed E-state index contributed by atoms with van der Waals surface area (Å²) in [6.45, 7) is 12.9. The molecule has 34 heavy (non-hydrogen) atoms. The first-order chi connectivity index (χ1) is 15.8. The van der Waals surface area contributed by atoms with Gasteiger partial charge in [0, 0.05) is 12.8 Å². The van der Waals surface area contributed by atoms with Crippen LogP contribution in [0.2, 0.25) is 0 Å². The SMILES string of the molecule is CCC(Cc1ccccc1C(=O)OOC(=O)c1ccccc1)(OOC(C)(C)C)OOC(C)(C)C. The molecule has 0 saturated heterocycles. The van der Waals surface area contributed by atoms with Gasteiger partial charge in [-0.2, -0.15) is 9.78 Å². The molecule has 0 aliphatic carbocycles. The maximum Gasteiger partial charge on any atom is 0.386 e. The number of hydrogen-bond acceptors (Lipinski definition) is 8. The Kier molecular flexibility index (Phi) is 9.35. The molecule has 0 radical (unpaired) electrons. The molecule has 0 aliphatic heterocycles. The van der Waals surface area contributed by atoms with Crippen LogP contribution in [0, 0.1) is 0 Å². The summed E-state index contributed by atoms with van der Waals surface area (Å²) in [6.07, 6.45) is 0.430. The van der Waals surface area contributed by atoms with Crippen molar-refractivity contribution in [2.75, 3.05) is 0 Å². The van der Waals surface area contributed by atoms with Gasteiger partial charge >= 0.3 is 11.9 Å². The van der Waals surface area contributed by atoms with Crippen molar-refractivity contribution in [1.82, 2.24) is 0 Å². The molecule has 0 amide bonds. The number of rotatable bonds is 9. The summed E-state index contributed by atoms with van der Waals surface area (Å²) in [4.78, 5) is 57.1. The largest absolute Gasteiger partial charge is 0.386 e. The fourth-order valence-electron chi connectivity index (χ4n) is 2.62. The molecule has 0 unspecified atom stereocenters. The lowest BCUT2D eigenvalue weighted by Gasteiger charge is -2.35. The Balaban J connectivity index is 2.23. The molecule has 0 fully saturated rings. The van der Waals surface area contributed by atoms with Crippen LogP contribution in [0.3, 0.4) is 0 Å². The molecule has 0 atom stereocenters. The molecular formula is C26H34O8. The predicted octanol–water partition coefficient (Wildman–Crippen LogP) is 5.76. The molecule has 8 nitrogen and oxygen atoms in total. The van der Waals surface area contributed by atoms with Crippen molar-refractivity contribution in [3.63, 3.8) is 0 Å². The highest BCUT2D eigenvalue weighted by atomic mass is 17.3. The summed E-state index contributed by atoms with van der Waals surface area (Å²) in [5.41, 5.74) is -0.264. The first kappa shape index (κ1) is 27.5. The smallest absolute Gasteiger partial charge is 0.242 e. The van der Waals surface area contributed by atoms with E-state index in [-0.39, 0.29) is 17.5 Å². The molecule has 0 saturated carbocycles. The summed E-state index contributed by atoms with van der Waals surface area (Å²) in [6, 6.07) is 14.9. The average molecular weight is 475 g/mol. The van der Waals surface area contributed by atoms with E-state index in [4.69, 9.17) is 29.3 Å². The van der Waals surface area contributed by atoms with Gasteiger partial charge in [0.1, 0.15) is 0 Å². The van der Waals surface area contributed by atoms with E-state index in [1.807, 2.05) is 48.5 Å². The Hall–Kier alpha value is -2.78. The fraction of sp³-hybridized carbons (Fsp3) is 0.462. The van der Waals surface area contributed by atoms with Gasteiger partial charge in [-0.3, -0.25) is 0 Å². The molecule has 0 aromatic heterocycles. The summed E-state index contributed by atoms with van der Waals surface area (Å²) in [5.74, 6) is -2.98. The molecule has 2 rings (SSSR count). The van der Waals surface area contributed by atoms with Crippen molar-refractivity contribution in [3.8, 4) is 0 Å². The average Bonchev–Trinajstić information content (AvgIpc) is 2.79. The van der Waals surface area contributed by atoms with E-state index < -0.39 is 28.9 Å². The molecular weight excluding hydrogens is 440 g/mol. The normalized spacial score (nSPS) is 12.3. The standard InChI is InChI=1S/C26H34O8/c1-8-26(33-31-24(2,3)4,34-32-25(5,6)7)18-20-16-12-13-17-21(20)23(28)30-29-22(27)19-14-10-9-11-15-19/h9-17H,8,18H2,1-7H3. The number of carbonyl (C=O) groups is 2. The third kappa shape index (κ3) is 8.87. The van der Waals surface area contributed by atoms with Crippen molar-refractivity contribution in [1.29, 1.82) is 0 Å². The fourth-order valence-corrected chi connectivity index (χ4v) is 2.62. The molecule has 2 aromatic rings. The summed E-state index contributed by atoms with van der Waals surface area (Å²) >= 11 is 0. The van der Waals surface area contributed by atoms with Crippen molar-refractivity contribution in [3.05, 3.63) is 71.3 Å². The second-order valence-electron chi connectivity index (χ2n) is 9.76. The Morgan fingerprint density at radius 1 is 0.676 bits per heavy atom. The zero-order valence-corrected chi connectivity index (χ0v) is 20.9. The first-order valence-corrected chi connectivity index (χ1v) is 11.1. The molecule has 0 heterocycles. The van der Waals surface area contributed by atoms with Crippen LogP contribution in [0.5, 0.6) is 0 Å². The van der Waals surface area contributed by atoms with E-state index in [0.717, 1.165) is 0 Å². The second-order valence-corrected chi connectivity index (χ2v) is 9.76. The van der Waals surface area contributed by atoms with E-state index in [1.54, 1.807) is 54.6 Å². The monoisotopic (exact) mass is 474 g/mol. The second kappa shape index (κ2) is 11.6. The van der Waals surface area contributed by atoms with Crippen LogP contribution < -0.4 is 0 Å². The third-order valence-electron chi connectivity index (χ3n) is 4.33. The molecule has 0 spiro atoms. The van der Waals surface area contributed by atoms with Gasteiger partial charge in [0.25, 0.3) is 0 Å². The highest BCUT2D eigenvalue weighted by Gasteiger charge is 2.38. The van der Waals surface area contributed by atoms with E-state index >= 15 is 0 Å². The lowest BCUT2D eigenvalue weighted by molar-refractivity contribution is -0.541. The lowest BCUT2D eigenvalue weighted by atomic mass is 9.98. The Labute approximate surface area is 200 Å². The van der Waals surface area contributed by atoms with E-state index in [1.165, 1.54) is 0 Å². The van der Waals surface area contributed by atoms with Gasteiger partial charge in [0.15, 0.2) is 0 Å². The zero-order chi connectivity index (χ0) is 25.4. The van der Waals surface area contributed by atoms with E-state index in [2.05, 4.69) is 0 Å². The van der Waals surface area contributed by atoms with Gasteiger partial charge in [-0.25, -0.2) is 29.1 Å². The minimum absolute atomic E-state index is 0.0908. The number of benzene rings is 2. The lowest BCUT2D eigenvalue weighted by Crippen LogP contribution is -2.42. The minimum atomic E-state index is -1.36. The van der Waals surface area contributed by atoms with Gasteiger partial charge in [-0.05, 0) is 65.3 Å². The van der Waals surface area contributed by atoms with Crippen LogP contribution in [-0.2, 0) is 35.7 Å². The number of carbonyl (C=O) groups excluding carboxylic acids is 2. The van der Waals surface area contributed by atoms with Crippen LogP contribution in [0.25, 0.3) is 0 Å². The maximum atomic E-state index is 12.8. The van der Waals surface area contributed by atoms with Gasteiger partial charge < -0.3 is 0 Å². The summed E-state index contributed by atoms with van der Waals surface area (Å²) < 4.78 is 0. The van der Waals surface area contributed by atoms with Gasteiger partial charge in [-0.1, -0.05) is 43.3 Å². The first-order valence-electron chi connectivity index (χ1n) is 11.1. The maximum absolute atomic E-state index is 12.8. The van der Waals surface area contributed by atoms with Crippen molar-refractivity contribution >= 4 is 11.9 Å². The highest BCUT2D eigenvalue weighted by molar-refractivity contribution is 5.93. The molecule has 0 bridgehead atoms. The minimum Gasteiger partial charge on any atom is -0.242 e. The van der Waals surface area contributed by atoms with Crippen molar-refractivity contribution < 1.29 is 38.9 Å². The van der Waals surface area contributed by atoms with Gasteiger partial charge in [0.2, 0.25) is 5.79 Å². The molecule has 0 N–H and O–H groups in total. The van der Waals surface area contributed by atoms with Crippen LogP contribution in [0.4, 0.5) is 0 Å². The Morgan fingerprint density at radius 3 is 1.71 bits per heavy atom. The quantitative estimate of drug-likeness (QED) is 0.258. The number of hydrogen-bond donors (Lipinski definition) is 0. The topological polar surface area (TPSA) is 89.5 Å². The van der Waals surface area contributed by atoms with Gasteiger partial charge in [-0.15, -0.1) is 0 Å². The Morgan fingerprint density at radius 2 is 1.18 bits per heavy atom. The molecule has 2 aromatic carbocycles. The third-order valence-corrected chi connectivity index (χ3v) is 4.33. The zero-order valence-electron chi connectivity index (χ0n) is 20.9. The summed E-state index contributed by atoms with van der Waals surface area (Å²) in [7, 11) is 0. The highest BCUT2D eigenvalue weighted by Crippen LogP contribution is 2.30. The van der Waals surface area contributed by atoms with Gasteiger partial charge in [0.05, 0.1) is 22.3 Å². The Bertz CT molecular complexity index is 923. The molecule has 8 heteroatoms. The van der Waals surface area contributed by atoms with Crippen LogP contribution in [-0.4, -0.2) is 28.9 Å². The summed E-state index contributed by atoms with van der Waals surface area (Å²) in [5, 5.41) is 0. The predicted molar refractivity (Wildman–Crippen MR) is 124 cm³/mol. The van der Waals surface area contributed by atoms with Crippen molar-refractivity contribution in [2.24, 2.45) is 0 Å². The molecule has 0 aliphatic rings. The van der Waals surface area contributed by atoms with Crippen LogP contribution in [0.15, 0.2) is 54.6 Å². The van der Waals surface area contributed by atoms with Crippen LogP contribution >= 0.6 is 0 Å². The van der Waals surface area contributed by atoms with E-state index in [0.29, 0.717) is 12.0 Å². The van der Waals surface area contributed by atoms with E-state index in [9.17, 15) is 9.59 Å². The van der Waals surface area contributed by atoms with Crippen molar-refractivity contribution in [2.45, 2.75) is 78.3 Å². The molecule has 186 valence electrons. The van der Waals surface area contributed by atoms with Crippen LogP contribution in [0.1, 0.15) is 81.2 Å².